The number of cyclic esters (lactones) is 1. The van der Waals surface area contributed by atoms with Gasteiger partial charge in [0.15, 0.2) is 12.6 Å². The Morgan fingerprint density at radius 2 is 1.58 bits per heavy atom. The van der Waals surface area contributed by atoms with Crippen molar-refractivity contribution >= 4 is 16.4 Å². The van der Waals surface area contributed by atoms with E-state index in [9.17, 15) is 53.5 Å². The lowest BCUT2D eigenvalue weighted by molar-refractivity contribution is -0.362. The Morgan fingerprint density at radius 3 is 2.22 bits per heavy atom. The summed E-state index contributed by atoms with van der Waals surface area (Å²) in [5.74, 6) is -0.811. The minimum atomic E-state index is -5.04. The van der Waals surface area contributed by atoms with Gasteiger partial charge >= 0.3 is 16.4 Å². The minimum absolute atomic E-state index is 0.0176. The zero-order valence-corrected chi connectivity index (χ0v) is 36.1. The normalized spacial score (nSPS) is 51.2. The summed E-state index contributed by atoms with van der Waals surface area (Å²) in [7, 11) is -5.04. The molecule has 59 heavy (non-hydrogen) atoms. The summed E-state index contributed by atoms with van der Waals surface area (Å²) in [6, 6.07) is 0. The molecule has 0 radical (unpaired) electrons. The number of rotatable bonds is 10. The predicted octanol–water partition coefficient (Wildman–Crippen LogP) is 1.27. The first-order chi connectivity index (χ1) is 27.2. The number of ether oxygens (including phenoxy) is 5. The van der Waals surface area contributed by atoms with E-state index in [0.717, 1.165) is 5.57 Å². The van der Waals surface area contributed by atoms with E-state index < -0.39 is 129 Å². The Kier molecular flexibility index (Phi) is 11.7. The van der Waals surface area contributed by atoms with Crippen LogP contribution in [-0.2, 0) is 43.1 Å². The summed E-state index contributed by atoms with van der Waals surface area (Å²) in [4.78, 5) is 14.3. The number of fused-ring (bicyclic) bond motifs is 4. The average molecular weight is 863 g/mol. The van der Waals surface area contributed by atoms with Crippen LogP contribution >= 0.6 is 0 Å². The van der Waals surface area contributed by atoms with E-state index in [1.165, 1.54) is 6.92 Å². The molecule has 3 saturated carbocycles. The standard InChI is InChI=1S/C41H66O17S/c1-19(2)23(42)11-14-39(8)40(49)16-15-38(7)21-9-10-25-36(4,5)27(12-13-37(25,6)22(21)17-26(43)41(38,40)35(48)57-39)55-34-32(29(45)24(18-53-34)58-59(50,51)52)56-33-31(47)30(46)28(44)20(3)54-33/h17,19-21,23-34,42-47,49H,9-16,18H2,1-8H3,(H,50,51,52)/t20-,21-,23?,24-,25+,26+,27+,28-,29+,30+,31-,32-,33+,34+,37-,38+,39+,40+,41-/m1/s1. The second-order valence-corrected chi connectivity index (χ2v) is 21.3. The number of carbonyl (C=O) groups is 1. The molecular weight excluding hydrogens is 797 g/mol. The molecular formula is C41H66O17S. The van der Waals surface area contributed by atoms with E-state index in [2.05, 4.69) is 25.0 Å². The fourth-order valence-electron chi connectivity index (χ4n) is 13.1. The molecule has 6 fully saturated rings. The lowest BCUT2D eigenvalue weighted by atomic mass is 9.40. The predicted molar refractivity (Wildman–Crippen MR) is 205 cm³/mol. The molecule has 18 heteroatoms. The van der Waals surface area contributed by atoms with E-state index in [1.807, 2.05) is 26.8 Å². The Morgan fingerprint density at radius 1 is 0.898 bits per heavy atom. The molecule has 0 aromatic rings. The summed E-state index contributed by atoms with van der Waals surface area (Å²) >= 11 is 0. The van der Waals surface area contributed by atoms with Crippen molar-refractivity contribution in [3.05, 3.63) is 11.6 Å². The van der Waals surface area contributed by atoms with Gasteiger partial charge in [-0.25, -0.2) is 4.18 Å². The van der Waals surface area contributed by atoms with Crippen molar-refractivity contribution in [2.75, 3.05) is 6.61 Å². The molecule has 1 spiro atoms. The topological polar surface area (TPSA) is 268 Å². The third-order valence-electron chi connectivity index (χ3n) is 16.6. The fraction of sp³-hybridized carbons (Fsp3) is 0.927. The van der Waals surface area contributed by atoms with Gasteiger partial charge in [-0.2, -0.15) is 8.42 Å². The zero-order valence-electron chi connectivity index (χ0n) is 35.3. The highest BCUT2D eigenvalue weighted by Gasteiger charge is 2.85. The largest absolute Gasteiger partial charge is 0.456 e. The number of aliphatic hydroxyl groups excluding tert-OH is 6. The number of aliphatic hydroxyl groups is 7. The molecule has 0 aromatic heterocycles. The van der Waals surface area contributed by atoms with Gasteiger partial charge in [0.2, 0.25) is 0 Å². The van der Waals surface area contributed by atoms with Crippen LogP contribution in [0.3, 0.4) is 0 Å². The van der Waals surface area contributed by atoms with Crippen LogP contribution in [0, 0.1) is 39.4 Å². The molecule has 3 saturated heterocycles. The van der Waals surface area contributed by atoms with Gasteiger partial charge in [0, 0.05) is 0 Å². The second kappa shape index (κ2) is 15.1. The maximum atomic E-state index is 14.3. The van der Waals surface area contributed by atoms with Gasteiger partial charge in [0.1, 0.15) is 53.2 Å². The molecule has 4 aliphatic carbocycles. The van der Waals surface area contributed by atoms with Crippen molar-refractivity contribution in [3.63, 3.8) is 0 Å². The number of carbonyl (C=O) groups excluding carboxylic acids is 1. The van der Waals surface area contributed by atoms with Crippen LogP contribution in [-0.4, -0.2) is 146 Å². The van der Waals surface area contributed by atoms with Crippen LogP contribution in [0.5, 0.6) is 0 Å². The summed E-state index contributed by atoms with van der Waals surface area (Å²) in [6.45, 7) is 14.8. The highest BCUT2D eigenvalue weighted by Crippen LogP contribution is 2.77. The number of hydrogen-bond acceptors (Lipinski definition) is 16. The molecule has 1 unspecified atom stereocenters. The smallest absolute Gasteiger partial charge is 0.397 e. The number of esters is 1. The molecule has 19 atom stereocenters. The Hall–Kier alpha value is -1.36. The number of allylic oxidation sites excluding steroid dienone is 1. The Balaban J connectivity index is 1.15. The number of hydrogen-bond donors (Lipinski definition) is 8. The monoisotopic (exact) mass is 862 g/mol. The van der Waals surface area contributed by atoms with Gasteiger partial charge in [-0.3, -0.25) is 9.35 Å². The van der Waals surface area contributed by atoms with Crippen LogP contribution in [0.15, 0.2) is 11.6 Å². The van der Waals surface area contributed by atoms with Crippen molar-refractivity contribution in [2.24, 2.45) is 39.4 Å². The van der Waals surface area contributed by atoms with E-state index in [0.29, 0.717) is 38.5 Å². The quantitative estimate of drug-likeness (QED) is 0.0665. The lowest BCUT2D eigenvalue weighted by Crippen LogP contribution is -2.68. The SMILES string of the molecule is CC(C)C(O)CC[C@]1(C)OC(=O)[C@]23[C@@H](O)C=C4[C@@H](CC[C@H]5C(C)(C)[C@@H](O[C@@H]6OC[C@@H](OS(=O)(=O)O)[C@H](O)[C@H]6O[C@@H]6O[C@H](C)[C@@H](O)[C@H](O)[C@H]6O)CC[C@]45C)[C@]2(C)CC[C@@]31O. The molecule has 7 aliphatic rings. The molecule has 3 heterocycles. The van der Waals surface area contributed by atoms with Crippen LogP contribution in [0.25, 0.3) is 0 Å². The average Bonchev–Trinajstić information content (AvgIpc) is 3.51. The van der Waals surface area contributed by atoms with E-state index in [4.69, 9.17) is 23.7 Å². The first-order valence-electron chi connectivity index (χ1n) is 21.2. The zero-order chi connectivity index (χ0) is 43.6. The van der Waals surface area contributed by atoms with Crippen molar-refractivity contribution < 1.29 is 81.4 Å². The molecule has 0 aromatic carbocycles. The maximum Gasteiger partial charge on any atom is 0.397 e. The van der Waals surface area contributed by atoms with Crippen LogP contribution in [0.2, 0.25) is 0 Å². The van der Waals surface area contributed by atoms with Gasteiger partial charge in [-0.1, -0.05) is 53.2 Å². The summed E-state index contributed by atoms with van der Waals surface area (Å²) in [5.41, 5.74) is -5.46. The van der Waals surface area contributed by atoms with Crippen molar-refractivity contribution in [1.82, 2.24) is 0 Å². The van der Waals surface area contributed by atoms with Crippen LogP contribution < -0.4 is 0 Å². The Labute approximate surface area is 346 Å². The molecule has 7 rings (SSSR count). The third kappa shape index (κ3) is 6.72. The van der Waals surface area contributed by atoms with Gasteiger partial charge in [-0.15, -0.1) is 0 Å². The second-order valence-electron chi connectivity index (χ2n) is 20.2. The van der Waals surface area contributed by atoms with E-state index >= 15 is 0 Å². The molecule has 0 bridgehead atoms. The van der Waals surface area contributed by atoms with Gasteiger partial charge in [-0.05, 0) is 99.2 Å². The first kappa shape index (κ1) is 45.7. The van der Waals surface area contributed by atoms with Crippen molar-refractivity contribution in [3.8, 4) is 0 Å². The molecule has 17 nitrogen and oxygen atoms in total. The highest BCUT2D eigenvalue weighted by molar-refractivity contribution is 7.80. The van der Waals surface area contributed by atoms with Gasteiger partial charge in [0.25, 0.3) is 0 Å². The van der Waals surface area contributed by atoms with Crippen molar-refractivity contribution in [2.45, 2.75) is 192 Å². The van der Waals surface area contributed by atoms with Crippen molar-refractivity contribution in [1.29, 1.82) is 0 Å². The molecule has 0 amide bonds. The molecule has 3 aliphatic heterocycles. The fourth-order valence-corrected chi connectivity index (χ4v) is 13.6. The van der Waals surface area contributed by atoms with Gasteiger partial charge < -0.3 is 59.4 Å². The van der Waals surface area contributed by atoms with Gasteiger partial charge in [0.05, 0.1) is 31.0 Å². The maximum absolute atomic E-state index is 14.3. The lowest BCUT2D eigenvalue weighted by Gasteiger charge is -2.64. The summed E-state index contributed by atoms with van der Waals surface area (Å²) in [5, 5.41) is 78.6. The van der Waals surface area contributed by atoms with Crippen LogP contribution in [0.4, 0.5) is 0 Å². The minimum Gasteiger partial charge on any atom is -0.456 e. The third-order valence-corrected chi connectivity index (χ3v) is 17.1. The highest BCUT2D eigenvalue weighted by atomic mass is 32.3. The molecule has 338 valence electrons. The van der Waals surface area contributed by atoms with E-state index in [-0.39, 0.29) is 30.6 Å². The van der Waals surface area contributed by atoms with Crippen LogP contribution in [0.1, 0.15) is 107 Å². The summed E-state index contributed by atoms with van der Waals surface area (Å²) < 4.78 is 67.7. The molecule has 8 N–H and O–H groups in total. The Bertz CT molecular complexity index is 1760. The summed E-state index contributed by atoms with van der Waals surface area (Å²) in [6.07, 6.45) is -10.8. The van der Waals surface area contributed by atoms with E-state index in [1.54, 1.807) is 6.92 Å². The first-order valence-corrected chi connectivity index (χ1v) is 22.6.